The summed E-state index contributed by atoms with van der Waals surface area (Å²) in [5.74, 6) is 0.114. The van der Waals surface area contributed by atoms with Crippen molar-refractivity contribution in [3.63, 3.8) is 0 Å². The molecule has 2 aromatic rings. The maximum absolute atomic E-state index is 12.2. The number of aryl methyl sites for hydroxylation is 2. The van der Waals surface area contributed by atoms with Crippen LogP contribution in [0, 0.1) is 13.8 Å². The van der Waals surface area contributed by atoms with E-state index in [0.717, 1.165) is 20.5 Å². The van der Waals surface area contributed by atoms with Crippen LogP contribution in [0.15, 0.2) is 34.8 Å². The third-order valence-electron chi connectivity index (χ3n) is 2.35. The van der Waals surface area contributed by atoms with E-state index in [9.17, 15) is 4.79 Å². The van der Waals surface area contributed by atoms with Crippen molar-refractivity contribution in [3.05, 3.63) is 55.7 Å². The second-order valence-electron chi connectivity index (χ2n) is 3.71. The molecule has 0 saturated carbocycles. The smallest absolute Gasteiger partial charge is 0.203 e. The van der Waals surface area contributed by atoms with Crippen LogP contribution in [0.25, 0.3) is 0 Å². The van der Waals surface area contributed by atoms with E-state index in [2.05, 4.69) is 22.0 Å². The van der Waals surface area contributed by atoms with Crippen LogP contribution in [0.5, 0.6) is 0 Å². The molecule has 0 bridgehead atoms. The van der Waals surface area contributed by atoms with Gasteiger partial charge >= 0.3 is 0 Å². The summed E-state index contributed by atoms with van der Waals surface area (Å²) in [6.07, 6.45) is 0. The van der Waals surface area contributed by atoms with Crippen LogP contribution in [0.4, 0.5) is 0 Å². The Morgan fingerprint density at radius 1 is 1.19 bits per heavy atom. The number of thiophene rings is 1. The molecule has 1 aromatic heterocycles. The molecule has 0 fully saturated rings. The number of halogens is 1. The Labute approximate surface area is 107 Å². The highest BCUT2D eigenvalue weighted by Gasteiger charge is 2.14. The van der Waals surface area contributed by atoms with Gasteiger partial charge in [-0.2, -0.15) is 0 Å². The maximum Gasteiger partial charge on any atom is 0.203 e. The molecule has 0 amide bonds. The molecule has 0 saturated heterocycles. The first-order valence-electron chi connectivity index (χ1n) is 4.95. The molecule has 0 aliphatic carbocycles. The standard InChI is InChI=1S/C13H11BrOS/c1-8-7-9(2)16-13(8)12(15)10-3-5-11(14)6-4-10/h3-7H,1-2H3. The van der Waals surface area contributed by atoms with Gasteiger partial charge in [0, 0.05) is 14.9 Å². The van der Waals surface area contributed by atoms with Gasteiger partial charge in [-0.05, 0) is 49.7 Å². The van der Waals surface area contributed by atoms with Gasteiger partial charge in [-0.25, -0.2) is 0 Å². The molecule has 2 rings (SSSR count). The molecule has 1 heterocycles. The molecule has 0 radical (unpaired) electrons. The van der Waals surface area contributed by atoms with Crippen LogP contribution in [-0.4, -0.2) is 5.78 Å². The fourth-order valence-corrected chi connectivity index (χ4v) is 2.85. The average molecular weight is 295 g/mol. The summed E-state index contributed by atoms with van der Waals surface area (Å²) >= 11 is 4.92. The molecule has 0 aliphatic rings. The monoisotopic (exact) mass is 294 g/mol. The minimum atomic E-state index is 0.114. The van der Waals surface area contributed by atoms with Gasteiger partial charge < -0.3 is 0 Å². The topological polar surface area (TPSA) is 17.1 Å². The fraction of sp³-hybridized carbons (Fsp3) is 0.154. The third-order valence-corrected chi connectivity index (χ3v) is 4.03. The van der Waals surface area contributed by atoms with Gasteiger partial charge in [0.05, 0.1) is 4.88 Å². The Bertz CT molecular complexity index is 525. The highest BCUT2D eigenvalue weighted by Crippen LogP contribution is 2.24. The predicted molar refractivity (Wildman–Crippen MR) is 71.4 cm³/mol. The van der Waals surface area contributed by atoms with Crippen molar-refractivity contribution in [2.75, 3.05) is 0 Å². The van der Waals surface area contributed by atoms with Crippen molar-refractivity contribution in [2.45, 2.75) is 13.8 Å². The normalized spacial score (nSPS) is 10.4. The van der Waals surface area contributed by atoms with E-state index in [0.29, 0.717) is 0 Å². The van der Waals surface area contributed by atoms with E-state index in [1.165, 1.54) is 4.88 Å². The van der Waals surface area contributed by atoms with Crippen LogP contribution < -0.4 is 0 Å². The van der Waals surface area contributed by atoms with Gasteiger partial charge in [0.25, 0.3) is 0 Å². The molecule has 0 unspecified atom stereocenters. The molecule has 16 heavy (non-hydrogen) atoms. The van der Waals surface area contributed by atoms with Crippen LogP contribution >= 0.6 is 27.3 Å². The highest BCUT2D eigenvalue weighted by atomic mass is 79.9. The zero-order valence-corrected chi connectivity index (χ0v) is 11.5. The zero-order valence-electron chi connectivity index (χ0n) is 9.08. The third kappa shape index (κ3) is 2.25. The molecule has 82 valence electrons. The van der Waals surface area contributed by atoms with Gasteiger partial charge in [0.2, 0.25) is 5.78 Å². The number of hydrogen-bond acceptors (Lipinski definition) is 2. The second-order valence-corrected chi connectivity index (χ2v) is 5.88. The van der Waals surface area contributed by atoms with Gasteiger partial charge in [-0.1, -0.05) is 15.9 Å². The molecule has 1 nitrogen and oxygen atoms in total. The number of carbonyl (C=O) groups is 1. The lowest BCUT2D eigenvalue weighted by Gasteiger charge is -1.99. The van der Waals surface area contributed by atoms with Crippen LogP contribution in [0.2, 0.25) is 0 Å². The Balaban J connectivity index is 2.39. The number of rotatable bonds is 2. The SMILES string of the molecule is Cc1cc(C)c(C(=O)c2ccc(Br)cc2)s1. The summed E-state index contributed by atoms with van der Waals surface area (Å²) < 4.78 is 0.989. The van der Waals surface area contributed by atoms with Gasteiger partial charge in [0.15, 0.2) is 0 Å². The van der Waals surface area contributed by atoms with Crippen molar-refractivity contribution in [2.24, 2.45) is 0 Å². The first-order chi connectivity index (χ1) is 7.58. The molecule has 3 heteroatoms. The minimum absolute atomic E-state index is 0.114. The number of benzene rings is 1. The Morgan fingerprint density at radius 3 is 2.31 bits per heavy atom. The molecular weight excluding hydrogens is 284 g/mol. The van der Waals surface area contributed by atoms with Gasteiger partial charge in [-0.15, -0.1) is 11.3 Å². The van der Waals surface area contributed by atoms with E-state index in [1.54, 1.807) is 11.3 Å². The van der Waals surface area contributed by atoms with Gasteiger partial charge in [0.1, 0.15) is 0 Å². The molecule has 0 atom stereocenters. The Morgan fingerprint density at radius 2 is 1.81 bits per heavy atom. The summed E-state index contributed by atoms with van der Waals surface area (Å²) in [7, 11) is 0. The summed E-state index contributed by atoms with van der Waals surface area (Å²) in [5, 5.41) is 0. The summed E-state index contributed by atoms with van der Waals surface area (Å²) in [6, 6.07) is 9.53. The van der Waals surface area contributed by atoms with E-state index in [1.807, 2.05) is 38.1 Å². The highest BCUT2D eigenvalue weighted by molar-refractivity contribution is 9.10. The largest absolute Gasteiger partial charge is 0.288 e. The van der Waals surface area contributed by atoms with Crippen LogP contribution in [0.3, 0.4) is 0 Å². The van der Waals surface area contributed by atoms with Crippen molar-refractivity contribution >= 4 is 33.0 Å². The minimum Gasteiger partial charge on any atom is -0.288 e. The fourth-order valence-electron chi connectivity index (χ4n) is 1.60. The van der Waals surface area contributed by atoms with Crippen molar-refractivity contribution in [1.82, 2.24) is 0 Å². The van der Waals surface area contributed by atoms with Crippen molar-refractivity contribution in [3.8, 4) is 0 Å². The quantitative estimate of drug-likeness (QED) is 0.752. The van der Waals surface area contributed by atoms with E-state index in [-0.39, 0.29) is 5.78 Å². The summed E-state index contributed by atoms with van der Waals surface area (Å²) in [6.45, 7) is 4.01. The summed E-state index contributed by atoms with van der Waals surface area (Å²) in [4.78, 5) is 14.2. The van der Waals surface area contributed by atoms with Gasteiger partial charge in [-0.3, -0.25) is 4.79 Å². The molecular formula is C13H11BrOS. The first-order valence-corrected chi connectivity index (χ1v) is 6.56. The predicted octanol–water partition coefficient (Wildman–Crippen LogP) is 4.36. The zero-order chi connectivity index (χ0) is 11.7. The number of carbonyl (C=O) groups excluding carboxylic acids is 1. The van der Waals surface area contributed by atoms with Crippen LogP contribution in [0.1, 0.15) is 25.7 Å². The summed E-state index contributed by atoms with van der Waals surface area (Å²) in [5.41, 5.74) is 1.81. The molecule has 0 aliphatic heterocycles. The Kier molecular flexibility index (Phi) is 3.26. The lowest BCUT2D eigenvalue weighted by atomic mass is 10.1. The lowest BCUT2D eigenvalue weighted by molar-refractivity contribution is 0.104. The Hall–Kier alpha value is -0.930. The molecule has 0 spiro atoms. The number of hydrogen-bond donors (Lipinski definition) is 0. The maximum atomic E-state index is 12.2. The van der Waals surface area contributed by atoms with E-state index >= 15 is 0 Å². The van der Waals surface area contributed by atoms with Crippen LogP contribution in [-0.2, 0) is 0 Å². The van der Waals surface area contributed by atoms with Crippen molar-refractivity contribution in [1.29, 1.82) is 0 Å². The van der Waals surface area contributed by atoms with E-state index < -0.39 is 0 Å². The molecule has 0 N–H and O–H groups in total. The number of ketones is 1. The first kappa shape index (κ1) is 11.6. The molecule has 1 aromatic carbocycles. The lowest BCUT2D eigenvalue weighted by Crippen LogP contribution is -1.99. The average Bonchev–Trinajstić information content (AvgIpc) is 2.58. The van der Waals surface area contributed by atoms with E-state index in [4.69, 9.17) is 0 Å². The second kappa shape index (κ2) is 4.52. The van der Waals surface area contributed by atoms with Crippen molar-refractivity contribution < 1.29 is 4.79 Å².